The standard InChI is InChI=1S/C17H13N3OS/c18-10-13-14(11-6-8-20-9-7-11)16(22-17(13)19)15(21)12-4-2-1-3-5-12/h1-9,14,16H,19H2/t14-,16-/m1/s1. The van der Waals surface area contributed by atoms with Crippen molar-refractivity contribution in [2.24, 2.45) is 5.73 Å². The minimum Gasteiger partial charge on any atom is -0.393 e. The molecule has 0 spiro atoms. The number of benzene rings is 1. The number of aromatic nitrogens is 1. The maximum atomic E-state index is 12.8. The van der Waals surface area contributed by atoms with Crippen molar-refractivity contribution in [1.82, 2.24) is 4.98 Å². The van der Waals surface area contributed by atoms with Crippen LogP contribution < -0.4 is 5.73 Å². The number of ketones is 1. The van der Waals surface area contributed by atoms with Gasteiger partial charge in [-0.1, -0.05) is 42.1 Å². The molecule has 4 nitrogen and oxygen atoms in total. The number of nitrogens with two attached hydrogens (primary N) is 1. The van der Waals surface area contributed by atoms with E-state index in [0.717, 1.165) is 5.56 Å². The van der Waals surface area contributed by atoms with Crippen LogP contribution in [0.1, 0.15) is 21.8 Å². The normalized spacial score (nSPS) is 20.7. The fourth-order valence-electron chi connectivity index (χ4n) is 2.58. The van der Waals surface area contributed by atoms with E-state index in [9.17, 15) is 10.1 Å². The Hall–Kier alpha value is -2.58. The number of allylic oxidation sites excluding steroid dienone is 1. The number of Topliss-reactive ketones (excluding diaryl/α,β-unsaturated/α-hetero) is 1. The Morgan fingerprint density at radius 2 is 1.86 bits per heavy atom. The van der Waals surface area contributed by atoms with Gasteiger partial charge in [0.1, 0.15) is 0 Å². The Kier molecular flexibility index (Phi) is 3.94. The van der Waals surface area contributed by atoms with Gasteiger partial charge in [-0.3, -0.25) is 9.78 Å². The summed E-state index contributed by atoms with van der Waals surface area (Å²) in [5.41, 5.74) is 7.95. The van der Waals surface area contributed by atoms with E-state index < -0.39 is 5.25 Å². The molecule has 1 aliphatic rings. The zero-order chi connectivity index (χ0) is 15.5. The fraction of sp³-hybridized carbons (Fsp3) is 0.118. The van der Waals surface area contributed by atoms with E-state index in [2.05, 4.69) is 11.1 Å². The number of pyridine rings is 1. The Morgan fingerprint density at radius 1 is 1.18 bits per heavy atom. The van der Waals surface area contributed by atoms with Gasteiger partial charge in [0, 0.05) is 23.9 Å². The van der Waals surface area contributed by atoms with Gasteiger partial charge < -0.3 is 5.73 Å². The summed E-state index contributed by atoms with van der Waals surface area (Å²) in [7, 11) is 0. The second-order valence-electron chi connectivity index (χ2n) is 4.92. The highest BCUT2D eigenvalue weighted by atomic mass is 32.2. The minimum atomic E-state index is -0.417. The molecule has 0 radical (unpaired) electrons. The van der Waals surface area contributed by atoms with E-state index in [-0.39, 0.29) is 11.7 Å². The van der Waals surface area contributed by atoms with Crippen LogP contribution in [0.4, 0.5) is 0 Å². The van der Waals surface area contributed by atoms with E-state index in [1.807, 2.05) is 30.3 Å². The molecule has 1 aliphatic heterocycles. The van der Waals surface area contributed by atoms with Gasteiger partial charge in [-0.05, 0) is 17.7 Å². The van der Waals surface area contributed by atoms with Crippen molar-refractivity contribution in [2.75, 3.05) is 0 Å². The van der Waals surface area contributed by atoms with Gasteiger partial charge in [0.2, 0.25) is 0 Å². The molecular weight excluding hydrogens is 294 g/mol. The molecule has 0 amide bonds. The lowest BCUT2D eigenvalue weighted by atomic mass is 9.86. The van der Waals surface area contributed by atoms with Gasteiger partial charge in [-0.25, -0.2) is 0 Å². The zero-order valence-electron chi connectivity index (χ0n) is 11.6. The number of carbonyl (C=O) groups excluding carboxylic acids is 1. The summed E-state index contributed by atoms with van der Waals surface area (Å²) >= 11 is 1.27. The molecule has 2 atom stereocenters. The Balaban J connectivity index is 2.02. The van der Waals surface area contributed by atoms with Crippen LogP contribution in [0, 0.1) is 11.3 Å². The quantitative estimate of drug-likeness (QED) is 0.882. The minimum absolute atomic E-state index is 0.0133. The fourth-order valence-corrected chi connectivity index (χ4v) is 3.83. The maximum absolute atomic E-state index is 12.8. The smallest absolute Gasteiger partial charge is 0.177 e. The Morgan fingerprint density at radius 3 is 2.50 bits per heavy atom. The first-order valence-corrected chi connectivity index (χ1v) is 7.66. The Bertz CT molecular complexity index is 765. The highest BCUT2D eigenvalue weighted by Gasteiger charge is 2.40. The third-order valence-corrected chi connectivity index (χ3v) is 4.85. The molecule has 5 heteroatoms. The third kappa shape index (κ3) is 2.49. The van der Waals surface area contributed by atoms with Crippen molar-refractivity contribution in [3.05, 3.63) is 76.6 Å². The monoisotopic (exact) mass is 307 g/mol. The summed E-state index contributed by atoms with van der Waals surface area (Å²) in [6.45, 7) is 0. The predicted octanol–water partition coefficient (Wildman–Crippen LogP) is 2.86. The molecular formula is C17H13N3OS. The van der Waals surface area contributed by atoms with Crippen molar-refractivity contribution in [1.29, 1.82) is 5.26 Å². The molecule has 2 heterocycles. The number of thioether (sulfide) groups is 1. The molecule has 108 valence electrons. The average molecular weight is 307 g/mol. The van der Waals surface area contributed by atoms with Crippen LogP contribution in [0.3, 0.4) is 0 Å². The summed E-state index contributed by atoms with van der Waals surface area (Å²) in [4.78, 5) is 16.8. The van der Waals surface area contributed by atoms with Gasteiger partial charge >= 0.3 is 0 Å². The predicted molar refractivity (Wildman–Crippen MR) is 86.0 cm³/mol. The lowest BCUT2D eigenvalue weighted by Crippen LogP contribution is -2.23. The summed E-state index contributed by atoms with van der Waals surface area (Å²) in [5.74, 6) is -0.341. The van der Waals surface area contributed by atoms with Crippen LogP contribution in [0.15, 0.2) is 65.5 Å². The van der Waals surface area contributed by atoms with E-state index in [4.69, 9.17) is 5.73 Å². The van der Waals surface area contributed by atoms with Crippen molar-refractivity contribution >= 4 is 17.5 Å². The number of hydrogen-bond donors (Lipinski definition) is 1. The maximum Gasteiger partial charge on any atom is 0.177 e. The number of nitriles is 1. The first kappa shape index (κ1) is 14.4. The molecule has 22 heavy (non-hydrogen) atoms. The van der Waals surface area contributed by atoms with E-state index in [1.165, 1.54) is 11.8 Å². The molecule has 0 aliphatic carbocycles. The van der Waals surface area contributed by atoms with Crippen molar-refractivity contribution in [3.63, 3.8) is 0 Å². The summed E-state index contributed by atoms with van der Waals surface area (Å²) in [5, 5.41) is 9.42. The lowest BCUT2D eigenvalue weighted by molar-refractivity contribution is 0.0985. The van der Waals surface area contributed by atoms with Crippen LogP contribution in [0.5, 0.6) is 0 Å². The Labute approximate surface area is 132 Å². The molecule has 3 rings (SSSR count). The van der Waals surface area contributed by atoms with Crippen molar-refractivity contribution in [2.45, 2.75) is 11.2 Å². The van der Waals surface area contributed by atoms with Crippen molar-refractivity contribution in [3.8, 4) is 6.07 Å². The summed E-state index contributed by atoms with van der Waals surface area (Å²) in [6.07, 6.45) is 3.32. The zero-order valence-corrected chi connectivity index (χ0v) is 12.5. The molecule has 0 saturated heterocycles. The first-order valence-electron chi connectivity index (χ1n) is 6.78. The van der Waals surface area contributed by atoms with Gasteiger partial charge in [-0.2, -0.15) is 5.26 Å². The van der Waals surface area contributed by atoms with E-state index >= 15 is 0 Å². The molecule has 0 fully saturated rings. The molecule has 2 aromatic rings. The van der Waals surface area contributed by atoms with Gasteiger partial charge in [0.25, 0.3) is 0 Å². The van der Waals surface area contributed by atoms with Gasteiger partial charge in [-0.15, -0.1) is 0 Å². The van der Waals surface area contributed by atoms with Crippen LogP contribution >= 0.6 is 11.8 Å². The molecule has 1 aromatic heterocycles. The highest BCUT2D eigenvalue weighted by Crippen LogP contribution is 2.46. The first-order chi connectivity index (χ1) is 10.7. The van der Waals surface area contributed by atoms with Crippen LogP contribution in [-0.4, -0.2) is 16.0 Å². The molecule has 1 aromatic carbocycles. The SMILES string of the molecule is N#CC1=C(N)S[C@@H](C(=O)c2ccccc2)[C@@H]1c1ccncc1. The van der Waals surface area contributed by atoms with Gasteiger partial charge in [0.15, 0.2) is 5.78 Å². The van der Waals surface area contributed by atoms with Crippen LogP contribution in [0.2, 0.25) is 0 Å². The molecule has 0 unspecified atom stereocenters. The van der Waals surface area contributed by atoms with Gasteiger partial charge in [0.05, 0.1) is 21.9 Å². The summed E-state index contributed by atoms with van der Waals surface area (Å²) < 4.78 is 0. The van der Waals surface area contributed by atoms with E-state index in [1.54, 1.807) is 24.5 Å². The average Bonchev–Trinajstić information content (AvgIpc) is 2.92. The molecule has 2 N–H and O–H groups in total. The molecule has 0 bridgehead atoms. The highest BCUT2D eigenvalue weighted by molar-refractivity contribution is 8.04. The number of rotatable bonds is 3. The third-order valence-electron chi connectivity index (χ3n) is 3.64. The lowest BCUT2D eigenvalue weighted by Gasteiger charge is -2.18. The summed E-state index contributed by atoms with van der Waals surface area (Å²) in [6, 6.07) is 14.9. The largest absolute Gasteiger partial charge is 0.393 e. The molecule has 0 saturated carbocycles. The van der Waals surface area contributed by atoms with Crippen molar-refractivity contribution < 1.29 is 4.79 Å². The number of nitrogens with zero attached hydrogens (tertiary/aromatic N) is 2. The number of hydrogen-bond acceptors (Lipinski definition) is 5. The topological polar surface area (TPSA) is 79.8 Å². The van der Waals surface area contributed by atoms with Crippen LogP contribution in [-0.2, 0) is 0 Å². The second kappa shape index (κ2) is 6.04. The van der Waals surface area contributed by atoms with Crippen LogP contribution in [0.25, 0.3) is 0 Å². The number of carbonyl (C=O) groups is 1. The van der Waals surface area contributed by atoms with E-state index in [0.29, 0.717) is 16.2 Å². The second-order valence-corrected chi connectivity index (χ2v) is 6.10.